The van der Waals surface area contributed by atoms with Gasteiger partial charge < -0.3 is 19.7 Å². The molecule has 1 aliphatic rings. The van der Waals surface area contributed by atoms with Crippen molar-refractivity contribution in [1.82, 2.24) is 4.98 Å². The Morgan fingerprint density at radius 2 is 2.14 bits per heavy atom. The van der Waals surface area contributed by atoms with E-state index in [0.29, 0.717) is 12.1 Å². The lowest BCUT2D eigenvalue weighted by atomic mass is 10.1. The van der Waals surface area contributed by atoms with Crippen molar-refractivity contribution in [2.24, 2.45) is 0 Å². The average molecular weight is 283 g/mol. The maximum atomic E-state index is 9.65. The minimum atomic E-state index is -0.315. The first-order valence-electron chi connectivity index (χ1n) is 6.92. The van der Waals surface area contributed by atoms with Gasteiger partial charge >= 0.3 is 0 Å². The Labute approximate surface area is 123 Å². The normalized spacial score (nSPS) is 17.8. The number of β-amino-alcohol motifs (C(OH)–C–C–N with tert-alkyl or cyclic N) is 1. The van der Waals surface area contributed by atoms with Gasteiger partial charge in [-0.3, -0.25) is 0 Å². The number of benzene rings is 1. The molecule has 1 aromatic carbocycles. The molecule has 5 nitrogen and oxygen atoms in total. The van der Waals surface area contributed by atoms with Gasteiger partial charge in [-0.2, -0.15) is 5.26 Å². The second-order valence-corrected chi connectivity index (χ2v) is 5.17. The molecular weight excluding hydrogens is 266 g/mol. The zero-order valence-electron chi connectivity index (χ0n) is 11.8. The number of aromatic amines is 1. The second-order valence-electron chi connectivity index (χ2n) is 5.17. The van der Waals surface area contributed by atoms with Crippen LogP contribution in [0, 0.1) is 11.3 Å². The highest BCUT2D eigenvalue weighted by molar-refractivity contribution is 5.70. The first-order chi connectivity index (χ1) is 10.2. The van der Waals surface area contributed by atoms with Crippen LogP contribution in [-0.4, -0.2) is 36.4 Å². The van der Waals surface area contributed by atoms with Crippen LogP contribution in [0.1, 0.15) is 12.0 Å². The van der Waals surface area contributed by atoms with Crippen molar-refractivity contribution in [2.45, 2.75) is 12.5 Å². The van der Waals surface area contributed by atoms with Crippen LogP contribution in [0.25, 0.3) is 11.3 Å². The first kappa shape index (κ1) is 13.5. The molecule has 108 valence electrons. The van der Waals surface area contributed by atoms with Gasteiger partial charge in [-0.05, 0) is 42.3 Å². The number of nitriles is 1. The summed E-state index contributed by atoms with van der Waals surface area (Å²) in [7, 11) is 1.63. The van der Waals surface area contributed by atoms with Crippen molar-refractivity contribution < 1.29 is 9.84 Å². The molecule has 2 N–H and O–H groups in total. The van der Waals surface area contributed by atoms with E-state index in [2.05, 4.69) is 11.1 Å². The van der Waals surface area contributed by atoms with E-state index in [1.54, 1.807) is 7.11 Å². The highest BCUT2D eigenvalue weighted by Gasteiger charge is 2.24. The fourth-order valence-electron chi connectivity index (χ4n) is 2.65. The van der Waals surface area contributed by atoms with Crippen LogP contribution in [0.2, 0.25) is 0 Å². The molecule has 0 bridgehead atoms. The van der Waals surface area contributed by atoms with E-state index in [4.69, 9.17) is 4.74 Å². The molecule has 0 amide bonds. The summed E-state index contributed by atoms with van der Waals surface area (Å²) in [6.07, 6.45) is 0.422. The lowest BCUT2D eigenvalue weighted by Crippen LogP contribution is -2.22. The molecule has 3 rings (SSSR count). The number of anilines is 1. The maximum Gasteiger partial charge on any atom is 0.124 e. The molecule has 21 heavy (non-hydrogen) atoms. The summed E-state index contributed by atoms with van der Waals surface area (Å²) in [6, 6.07) is 11.8. The number of aliphatic hydroxyl groups is 1. The number of H-pyrrole nitrogens is 1. The van der Waals surface area contributed by atoms with Crippen LogP contribution in [-0.2, 0) is 0 Å². The Morgan fingerprint density at radius 3 is 2.71 bits per heavy atom. The van der Waals surface area contributed by atoms with Crippen LogP contribution in [0.15, 0.2) is 30.3 Å². The lowest BCUT2D eigenvalue weighted by molar-refractivity contribution is 0.198. The topological polar surface area (TPSA) is 72.3 Å². The summed E-state index contributed by atoms with van der Waals surface area (Å²) in [5.41, 5.74) is 2.50. The summed E-state index contributed by atoms with van der Waals surface area (Å²) in [4.78, 5) is 5.32. The second kappa shape index (κ2) is 5.51. The third-order valence-electron chi connectivity index (χ3n) is 3.80. The van der Waals surface area contributed by atoms with Crippen LogP contribution < -0.4 is 9.64 Å². The van der Waals surface area contributed by atoms with Crippen molar-refractivity contribution in [2.75, 3.05) is 25.1 Å². The zero-order chi connectivity index (χ0) is 14.8. The van der Waals surface area contributed by atoms with Crippen molar-refractivity contribution in [1.29, 1.82) is 5.26 Å². The molecule has 1 fully saturated rings. The van der Waals surface area contributed by atoms with E-state index in [-0.39, 0.29) is 6.10 Å². The number of rotatable bonds is 3. The number of methoxy groups -OCH3 is 1. The summed E-state index contributed by atoms with van der Waals surface area (Å²) in [5, 5.41) is 19.0. The van der Waals surface area contributed by atoms with Gasteiger partial charge in [-0.1, -0.05) is 0 Å². The van der Waals surface area contributed by atoms with Crippen LogP contribution in [0.3, 0.4) is 0 Å². The van der Waals surface area contributed by atoms with Crippen molar-refractivity contribution in [3.63, 3.8) is 0 Å². The van der Waals surface area contributed by atoms with Crippen molar-refractivity contribution in [3.8, 4) is 23.1 Å². The molecule has 0 radical (unpaired) electrons. The van der Waals surface area contributed by atoms with Gasteiger partial charge in [0.2, 0.25) is 0 Å². The summed E-state index contributed by atoms with van der Waals surface area (Å²) < 4.78 is 5.15. The monoisotopic (exact) mass is 283 g/mol. The van der Waals surface area contributed by atoms with Crippen molar-refractivity contribution >= 4 is 5.82 Å². The molecule has 1 atom stereocenters. The largest absolute Gasteiger partial charge is 0.497 e. The van der Waals surface area contributed by atoms with E-state index < -0.39 is 0 Å². The number of nitrogens with one attached hydrogen (secondary N) is 1. The predicted octanol–water partition coefficient (Wildman–Crippen LogP) is 2.13. The summed E-state index contributed by atoms with van der Waals surface area (Å²) in [6.45, 7) is 1.33. The average Bonchev–Trinajstić information content (AvgIpc) is 3.13. The highest BCUT2D eigenvalue weighted by atomic mass is 16.5. The molecule has 1 saturated heterocycles. The molecule has 2 heterocycles. The molecule has 1 unspecified atom stereocenters. The quantitative estimate of drug-likeness (QED) is 0.905. The Morgan fingerprint density at radius 1 is 1.38 bits per heavy atom. The SMILES string of the molecule is COc1ccc(-c2cc(C#N)c(N3CCC(O)C3)[nH]2)cc1. The number of aromatic nitrogens is 1. The third kappa shape index (κ3) is 2.58. The summed E-state index contributed by atoms with van der Waals surface area (Å²) in [5.74, 6) is 1.59. The summed E-state index contributed by atoms with van der Waals surface area (Å²) >= 11 is 0. The molecule has 0 aliphatic carbocycles. The Bertz CT molecular complexity index is 670. The Hall–Kier alpha value is -2.45. The molecule has 5 heteroatoms. The fraction of sp³-hybridized carbons (Fsp3) is 0.312. The molecule has 0 saturated carbocycles. The van der Waals surface area contributed by atoms with Gasteiger partial charge in [-0.25, -0.2) is 0 Å². The van der Waals surface area contributed by atoms with E-state index in [1.807, 2.05) is 35.2 Å². The van der Waals surface area contributed by atoms with Crippen molar-refractivity contribution in [3.05, 3.63) is 35.9 Å². The Balaban J connectivity index is 1.93. The van der Waals surface area contributed by atoms with Crippen LogP contribution >= 0.6 is 0 Å². The van der Waals surface area contributed by atoms with Gasteiger partial charge in [0.15, 0.2) is 0 Å². The maximum absolute atomic E-state index is 9.65. The molecule has 1 aliphatic heterocycles. The van der Waals surface area contributed by atoms with E-state index in [0.717, 1.165) is 35.8 Å². The fourth-order valence-corrected chi connectivity index (χ4v) is 2.65. The standard InChI is InChI=1S/C16H17N3O2/c1-21-14-4-2-11(3-5-14)15-8-12(9-17)16(18-15)19-7-6-13(20)10-19/h2-5,8,13,18,20H,6-7,10H2,1H3. The van der Waals surface area contributed by atoms with Gasteiger partial charge in [0, 0.05) is 18.8 Å². The zero-order valence-corrected chi connectivity index (χ0v) is 11.8. The Kier molecular flexibility index (Phi) is 3.55. The molecule has 0 spiro atoms. The van der Waals surface area contributed by atoms with Crippen LogP contribution in [0.5, 0.6) is 5.75 Å². The van der Waals surface area contributed by atoms with Gasteiger partial charge in [-0.15, -0.1) is 0 Å². The van der Waals surface area contributed by atoms with E-state index in [1.165, 1.54) is 0 Å². The first-order valence-corrected chi connectivity index (χ1v) is 6.92. The smallest absolute Gasteiger partial charge is 0.124 e. The minimum absolute atomic E-state index is 0.315. The number of hydrogen-bond donors (Lipinski definition) is 2. The van der Waals surface area contributed by atoms with Gasteiger partial charge in [0.1, 0.15) is 17.6 Å². The van der Waals surface area contributed by atoms with Crippen LogP contribution in [0.4, 0.5) is 5.82 Å². The minimum Gasteiger partial charge on any atom is -0.497 e. The highest BCUT2D eigenvalue weighted by Crippen LogP contribution is 2.30. The number of hydrogen-bond acceptors (Lipinski definition) is 4. The number of ether oxygens (including phenoxy) is 1. The van der Waals surface area contributed by atoms with E-state index >= 15 is 0 Å². The molecule has 2 aromatic rings. The third-order valence-corrected chi connectivity index (χ3v) is 3.80. The molecule has 1 aromatic heterocycles. The van der Waals surface area contributed by atoms with Gasteiger partial charge in [0.25, 0.3) is 0 Å². The van der Waals surface area contributed by atoms with Gasteiger partial charge in [0.05, 0.1) is 18.8 Å². The molecular formula is C16H17N3O2. The number of nitrogens with zero attached hydrogens (tertiary/aromatic N) is 2. The van der Waals surface area contributed by atoms with E-state index in [9.17, 15) is 10.4 Å². The predicted molar refractivity (Wildman–Crippen MR) is 80.3 cm³/mol. The lowest BCUT2D eigenvalue weighted by Gasteiger charge is -2.16. The number of aliphatic hydroxyl groups excluding tert-OH is 1.